The van der Waals surface area contributed by atoms with Crippen LogP contribution in [0.15, 0.2) is 0 Å². The van der Waals surface area contributed by atoms with Gasteiger partial charge in [-0.1, -0.05) is 6.42 Å². The molecule has 5 heteroatoms. The van der Waals surface area contributed by atoms with Gasteiger partial charge in [-0.05, 0) is 32.6 Å². The van der Waals surface area contributed by atoms with E-state index in [0.29, 0.717) is 0 Å². The molecule has 1 N–H and O–H groups in total. The third-order valence-electron chi connectivity index (χ3n) is 2.42. The number of ether oxygens (including phenoxy) is 1. The summed E-state index contributed by atoms with van der Waals surface area (Å²) in [5, 5.41) is 8.35. The molecule has 4 nitrogen and oxygen atoms in total. The zero-order valence-corrected chi connectivity index (χ0v) is 15.0. The largest absolute Gasteiger partial charge is 0.473 e. The van der Waals surface area contributed by atoms with Gasteiger partial charge < -0.3 is 9.84 Å². The van der Waals surface area contributed by atoms with Crippen molar-refractivity contribution in [2.45, 2.75) is 44.6 Å². The molecule has 0 atom stereocenters. The minimum absolute atomic E-state index is 0. The molecule has 0 aromatic rings. The van der Waals surface area contributed by atoms with Crippen LogP contribution in [0.4, 0.5) is 0 Å². The van der Waals surface area contributed by atoms with E-state index >= 15 is 0 Å². The summed E-state index contributed by atoms with van der Waals surface area (Å²) in [7, 11) is 0. The first-order valence-corrected chi connectivity index (χ1v) is 4.50. The molecule has 0 aliphatic heterocycles. The third-order valence-corrected chi connectivity index (χ3v) is 2.42. The number of carbonyl (C=O) groups excluding carboxylic acids is 1. The van der Waals surface area contributed by atoms with Gasteiger partial charge in [0.15, 0.2) is 0 Å². The van der Waals surface area contributed by atoms with Crippen LogP contribution in [0.5, 0.6) is 0 Å². The van der Waals surface area contributed by atoms with Crippen molar-refractivity contribution in [2.24, 2.45) is 0 Å². The molecule has 1 aliphatic rings. The van der Waals surface area contributed by atoms with Crippen LogP contribution < -0.4 is 0 Å². The van der Waals surface area contributed by atoms with Crippen molar-refractivity contribution >= 4 is 80.8 Å². The number of carbonyl (C=O) groups is 2. The minimum Gasteiger partial charge on any atom is -0.473 e. The number of rotatable bonds is 1. The van der Waals surface area contributed by atoms with Gasteiger partial charge in [-0.2, -0.15) is 0 Å². The summed E-state index contributed by atoms with van der Waals surface area (Å²) in [6.45, 7) is 1.80. The zero-order valence-electron chi connectivity index (χ0n) is 8.71. The molecule has 0 spiro atoms. The molecule has 0 heterocycles. The van der Waals surface area contributed by atoms with Gasteiger partial charge in [0.2, 0.25) is 0 Å². The first-order valence-electron chi connectivity index (χ1n) is 4.50. The SMILES string of the molecule is CC1(OC(=O)C(=O)O)CCCCC1.[Cs]. The molecule has 1 aliphatic carbocycles. The summed E-state index contributed by atoms with van der Waals surface area (Å²) in [6, 6.07) is 0. The molecule has 75 valence electrons. The molecule has 1 rings (SSSR count). The van der Waals surface area contributed by atoms with Crippen LogP contribution in [0.2, 0.25) is 0 Å². The number of aliphatic carboxylic acids is 1. The molecular formula is C9H14CsO4. The minimum atomic E-state index is -1.51. The Bertz CT molecular complexity index is 221. The number of hydrogen-bond donors (Lipinski definition) is 1. The second-order valence-electron chi connectivity index (χ2n) is 3.71. The normalized spacial score (nSPS) is 19.2. The maximum atomic E-state index is 10.8. The number of carboxylic acids is 1. The number of carboxylic acid groups (broad SMARTS) is 1. The Labute approximate surface area is 142 Å². The molecule has 1 saturated carbocycles. The van der Waals surface area contributed by atoms with Gasteiger partial charge in [-0.25, -0.2) is 9.59 Å². The molecule has 0 bridgehead atoms. The first-order chi connectivity index (χ1) is 6.03. The van der Waals surface area contributed by atoms with E-state index in [4.69, 9.17) is 9.84 Å². The van der Waals surface area contributed by atoms with Crippen LogP contribution in [0.1, 0.15) is 39.0 Å². The Morgan fingerprint density at radius 2 is 1.71 bits per heavy atom. The quantitative estimate of drug-likeness (QED) is 0.577. The second kappa shape index (κ2) is 6.55. The smallest absolute Gasteiger partial charge is 0.417 e. The molecule has 0 saturated heterocycles. The molecule has 0 amide bonds. The van der Waals surface area contributed by atoms with Gasteiger partial charge in [0.25, 0.3) is 0 Å². The van der Waals surface area contributed by atoms with Crippen molar-refractivity contribution < 1.29 is 19.4 Å². The Kier molecular flexibility index (Phi) is 7.01. The van der Waals surface area contributed by atoms with Crippen LogP contribution in [-0.2, 0) is 14.3 Å². The average Bonchev–Trinajstić information content (AvgIpc) is 2.04. The van der Waals surface area contributed by atoms with Gasteiger partial charge in [0.1, 0.15) is 5.60 Å². The van der Waals surface area contributed by atoms with Gasteiger partial charge >= 0.3 is 11.9 Å². The average molecular weight is 319 g/mol. The number of esters is 1. The van der Waals surface area contributed by atoms with E-state index < -0.39 is 17.5 Å². The summed E-state index contributed by atoms with van der Waals surface area (Å²) in [4.78, 5) is 21.0. The van der Waals surface area contributed by atoms with Crippen LogP contribution in [0.25, 0.3) is 0 Å². The molecular weight excluding hydrogens is 305 g/mol. The van der Waals surface area contributed by atoms with E-state index in [9.17, 15) is 9.59 Å². The van der Waals surface area contributed by atoms with E-state index in [-0.39, 0.29) is 68.9 Å². The van der Waals surface area contributed by atoms with Gasteiger partial charge in [0.05, 0.1) is 0 Å². The monoisotopic (exact) mass is 319 g/mol. The molecule has 0 aromatic carbocycles. The molecule has 1 radical (unpaired) electrons. The Morgan fingerprint density at radius 1 is 1.21 bits per heavy atom. The molecule has 1 fully saturated rings. The van der Waals surface area contributed by atoms with E-state index in [1.54, 1.807) is 6.92 Å². The van der Waals surface area contributed by atoms with Crippen molar-refractivity contribution in [1.82, 2.24) is 0 Å². The first kappa shape index (κ1) is 15.0. The summed E-state index contributed by atoms with van der Waals surface area (Å²) in [5.74, 6) is -2.64. The summed E-state index contributed by atoms with van der Waals surface area (Å²) >= 11 is 0. The fourth-order valence-electron chi connectivity index (χ4n) is 1.67. The predicted octanol–water partition coefficient (Wildman–Crippen LogP) is 0.956. The topological polar surface area (TPSA) is 63.6 Å². The molecule has 14 heavy (non-hydrogen) atoms. The van der Waals surface area contributed by atoms with E-state index in [0.717, 1.165) is 32.1 Å². The summed E-state index contributed by atoms with van der Waals surface area (Å²) in [6.07, 6.45) is 4.69. The zero-order chi connectivity index (χ0) is 9.90. The Hall–Kier alpha value is 0.992. The molecule has 0 aromatic heterocycles. The fourth-order valence-corrected chi connectivity index (χ4v) is 1.67. The third kappa shape index (κ3) is 4.67. The van der Waals surface area contributed by atoms with Crippen molar-refractivity contribution in [3.8, 4) is 0 Å². The van der Waals surface area contributed by atoms with E-state index in [1.165, 1.54) is 0 Å². The van der Waals surface area contributed by atoms with Crippen LogP contribution in [0.3, 0.4) is 0 Å². The Balaban J connectivity index is 0.00000169. The molecule has 0 unspecified atom stereocenters. The van der Waals surface area contributed by atoms with Crippen LogP contribution in [0, 0.1) is 0 Å². The van der Waals surface area contributed by atoms with Crippen molar-refractivity contribution in [1.29, 1.82) is 0 Å². The maximum absolute atomic E-state index is 10.8. The van der Waals surface area contributed by atoms with Gasteiger partial charge in [-0.3, -0.25) is 0 Å². The van der Waals surface area contributed by atoms with Crippen molar-refractivity contribution in [3.05, 3.63) is 0 Å². The van der Waals surface area contributed by atoms with Gasteiger partial charge in [-0.15, -0.1) is 0 Å². The van der Waals surface area contributed by atoms with Crippen LogP contribution in [-0.4, -0.2) is 91.5 Å². The van der Waals surface area contributed by atoms with E-state index in [1.807, 2.05) is 0 Å². The standard InChI is InChI=1S/C9H14O4.Cs/c1-9(5-3-2-4-6-9)13-8(12)7(10)11;/h2-6H2,1H3,(H,10,11);. The van der Waals surface area contributed by atoms with Gasteiger partial charge in [0, 0.05) is 68.9 Å². The summed E-state index contributed by atoms with van der Waals surface area (Å²) < 4.78 is 4.90. The van der Waals surface area contributed by atoms with E-state index in [2.05, 4.69) is 0 Å². The fraction of sp³-hybridized carbons (Fsp3) is 0.778. The van der Waals surface area contributed by atoms with Crippen molar-refractivity contribution in [3.63, 3.8) is 0 Å². The number of hydrogen-bond acceptors (Lipinski definition) is 3. The Morgan fingerprint density at radius 3 is 2.14 bits per heavy atom. The maximum Gasteiger partial charge on any atom is 0.417 e. The summed E-state index contributed by atoms with van der Waals surface area (Å²) in [5.41, 5.74) is -0.548. The van der Waals surface area contributed by atoms with Crippen molar-refractivity contribution in [2.75, 3.05) is 0 Å². The second-order valence-corrected chi connectivity index (χ2v) is 3.71. The van der Waals surface area contributed by atoms with Crippen LogP contribution >= 0.6 is 0 Å². The predicted molar refractivity (Wildman–Crippen MR) is 51.0 cm³/mol.